The first-order valence-corrected chi connectivity index (χ1v) is 10.8. The molecule has 0 aliphatic rings. The zero-order valence-electron chi connectivity index (χ0n) is 18.2. The summed E-state index contributed by atoms with van der Waals surface area (Å²) >= 11 is 0. The number of halogens is 1. The second kappa shape index (κ2) is 9.54. The first kappa shape index (κ1) is 21.3. The fraction of sp³-hybridized carbons (Fsp3) is 0.0741. The fourth-order valence-electron chi connectivity index (χ4n) is 3.84. The van der Waals surface area contributed by atoms with Crippen molar-refractivity contribution in [1.82, 2.24) is 14.5 Å². The summed E-state index contributed by atoms with van der Waals surface area (Å²) in [4.78, 5) is 21.7. The van der Waals surface area contributed by atoms with Crippen LogP contribution in [-0.4, -0.2) is 20.4 Å². The second-order valence-corrected chi connectivity index (χ2v) is 7.75. The van der Waals surface area contributed by atoms with Crippen LogP contribution in [0.5, 0.6) is 5.75 Å². The standard InChI is InChI=1S/C27H21FN4O2/c28-21-9-7-19(8-10-21)17-32-24-6-2-1-5-23(24)26(34-18-20-11-14-29-15-12-20)25(32)27(33)31-22-4-3-13-30-16-22/h1-16H,17-18H2,(H,31,33). The van der Waals surface area contributed by atoms with E-state index in [-0.39, 0.29) is 18.3 Å². The summed E-state index contributed by atoms with van der Waals surface area (Å²) in [5.74, 6) is -0.149. The van der Waals surface area contributed by atoms with Gasteiger partial charge in [0.2, 0.25) is 0 Å². The zero-order valence-corrected chi connectivity index (χ0v) is 18.2. The van der Waals surface area contributed by atoms with Gasteiger partial charge in [-0.2, -0.15) is 0 Å². The van der Waals surface area contributed by atoms with Crippen molar-refractivity contribution in [3.05, 3.63) is 120 Å². The zero-order chi connectivity index (χ0) is 23.3. The van der Waals surface area contributed by atoms with Crippen molar-refractivity contribution in [2.75, 3.05) is 5.32 Å². The molecule has 0 radical (unpaired) electrons. The van der Waals surface area contributed by atoms with Crippen LogP contribution in [0.2, 0.25) is 0 Å². The number of hydrogen-bond acceptors (Lipinski definition) is 4. The van der Waals surface area contributed by atoms with E-state index in [0.29, 0.717) is 23.7 Å². The van der Waals surface area contributed by atoms with E-state index < -0.39 is 0 Å². The lowest BCUT2D eigenvalue weighted by Gasteiger charge is -2.13. The topological polar surface area (TPSA) is 69.0 Å². The number of benzene rings is 2. The fourth-order valence-corrected chi connectivity index (χ4v) is 3.84. The third-order valence-electron chi connectivity index (χ3n) is 5.45. The van der Waals surface area contributed by atoms with Gasteiger partial charge in [0.25, 0.3) is 5.91 Å². The van der Waals surface area contributed by atoms with E-state index >= 15 is 0 Å². The lowest BCUT2D eigenvalue weighted by atomic mass is 10.2. The first-order chi connectivity index (χ1) is 16.7. The molecule has 0 fully saturated rings. The number of amides is 1. The molecule has 34 heavy (non-hydrogen) atoms. The largest absolute Gasteiger partial charge is 0.486 e. The summed E-state index contributed by atoms with van der Waals surface area (Å²) < 4.78 is 21.6. The highest BCUT2D eigenvalue weighted by Gasteiger charge is 2.25. The average Bonchev–Trinajstić information content (AvgIpc) is 3.18. The van der Waals surface area contributed by atoms with Gasteiger partial charge in [0.15, 0.2) is 11.4 Å². The molecule has 0 saturated carbocycles. The molecule has 5 aromatic rings. The van der Waals surface area contributed by atoms with Crippen LogP contribution in [0.25, 0.3) is 10.9 Å². The van der Waals surface area contributed by atoms with Gasteiger partial charge in [-0.3, -0.25) is 14.8 Å². The van der Waals surface area contributed by atoms with E-state index in [2.05, 4.69) is 15.3 Å². The molecule has 168 valence electrons. The maximum absolute atomic E-state index is 13.6. The normalized spacial score (nSPS) is 10.9. The Morgan fingerprint density at radius 2 is 1.68 bits per heavy atom. The average molecular weight is 452 g/mol. The number of carbonyl (C=O) groups is 1. The molecule has 3 aromatic heterocycles. The summed E-state index contributed by atoms with van der Waals surface area (Å²) in [6, 6.07) is 21.2. The molecule has 3 heterocycles. The number of nitrogens with one attached hydrogen (secondary N) is 1. The van der Waals surface area contributed by atoms with Crippen LogP contribution in [0.3, 0.4) is 0 Å². The van der Waals surface area contributed by atoms with Crippen molar-refractivity contribution in [1.29, 1.82) is 0 Å². The molecule has 1 N–H and O–H groups in total. The number of carbonyl (C=O) groups excluding carboxylic acids is 1. The molecule has 6 nitrogen and oxygen atoms in total. The molecule has 7 heteroatoms. The quantitative estimate of drug-likeness (QED) is 0.357. The van der Waals surface area contributed by atoms with Crippen molar-refractivity contribution in [2.24, 2.45) is 0 Å². The number of anilines is 1. The van der Waals surface area contributed by atoms with Gasteiger partial charge in [0, 0.05) is 30.5 Å². The van der Waals surface area contributed by atoms with Crippen molar-refractivity contribution < 1.29 is 13.9 Å². The Bertz CT molecular complexity index is 1420. The van der Waals surface area contributed by atoms with Crippen molar-refractivity contribution in [3.8, 4) is 5.75 Å². The Kier molecular flexibility index (Phi) is 5.99. The monoisotopic (exact) mass is 452 g/mol. The maximum Gasteiger partial charge on any atom is 0.276 e. The second-order valence-electron chi connectivity index (χ2n) is 7.75. The summed E-state index contributed by atoms with van der Waals surface area (Å²) in [5, 5.41) is 3.74. The Hall–Kier alpha value is -4.52. The minimum atomic E-state index is -0.323. The summed E-state index contributed by atoms with van der Waals surface area (Å²) in [6.07, 6.45) is 6.63. The van der Waals surface area contributed by atoms with Gasteiger partial charge in [-0.05, 0) is 59.7 Å². The number of pyridine rings is 2. The van der Waals surface area contributed by atoms with Gasteiger partial charge in [0.05, 0.1) is 17.4 Å². The van der Waals surface area contributed by atoms with Crippen LogP contribution in [-0.2, 0) is 13.2 Å². The van der Waals surface area contributed by atoms with E-state index in [1.807, 2.05) is 41.0 Å². The van der Waals surface area contributed by atoms with Gasteiger partial charge in [-0.15, -0.1) is 0 Å². The minimum Gasteiger partial charge on any atom is -0.486 e. The summed E-state index contributed by atoms with van der Waals surface area (Å²) in [5.41, 5.74) is 3.59. The van der Waals surface area contributed by atoms with Crippen LogP contribution in [0.4, 0.5) is 10.1 Å². The van der Waals surface area contributed by atoms with Gasteiger partial charge < -0.3 is 14.6 Å². The molecular weight excluding hydrogens is 431 g/mol. The predicted molar refractivity (Wildman–Crippen MR) is 128 cm³/mol. The molecule has 0 saturated heterocycles. The number of ether oxygens (including phenoxy) is 1. The number of hydrogen-bond donors (Lipinski definition) is 1. The molecular formula is C27H21FN4O2. The van der Waals surface area contributed by atoms with Gasteiger partial charge in [0.1, 0.15) is 12.4 Å². The van der Waals surface area contributed by atoms with E-state index in [1.165, 1.54) is 12.1 Å². The first-order valence-electron chi connectivity index (χ1n) is 10.8. The van der Waals surface area contributed by atoms with Crippen LogP contribution in [0.1, 0.15) is 21.6 Å². The van der Waals surface area contributed by atoms with E-state index in [9.17, 15) is 9.18 Å². The number of aromatic nitrogens is 3. The number of fused-ring (bicyclic) bond motifs is 1. The van der Waals surface area contributed by atoms with Crippen molar-refractivity contribution in [3.63, 3.8) is 0 Å². The van der Waals surface area contributed by atoms with Gasteiger partial charge >= 0.3 is 0 Å². The SMILES string of the molecule is O=C(Nc1cccnc1)c1c(OCc2ccncc2)c2ccccc2n1Cc1ccc(F)cc1. The highest BCUT2D eigenvalue weighted by Crippen LogP contribution is 2.35. The molecule has 1 amide bonds. The van der Waals surface area contributed by atoms with Crippen LogP contribution in [0, 0.1) is 5.82 Å². The molecule has 2 aromatic carbocycles. The van der Waals surface area contributed by atoms with Crippen LogP contribution in [0.15, 0.2) is 97.6 Å². The number of nitrogens with zero attached hydrogens (tertiary/aromatic N) is 3. The molecule has 0 spiro atoms. The molecule has 0 atom stereocenters. The minimum absolute atomic E-state index is 0.278. The van der Waals surface area contributed by atoms with Gasteiger partial charge in [-0.1, -0.05) is 24.3 Å². The third kappa shape index (κ3) is 4.49. The lowest BCUT2D eigenvalue weighted by molar-refractivity contribution is 0.101. The van der Waals surface area contributed by atoms with Crippen molar-refractivity contribution in [2.45, 2.75) is 13.2 Å². The van der Waals surface area contributed by atoms with E-state index in [0.717, 1.165) is 22.0 Å². The van der Waals surface area contributed by atoms with E-state index in [1.54, 1.807) is 49.1 Å². The Morgan fingerprint density at radius 3 is 2.44 bits per heavy atom. The smallest absolute Gasteiger partial charge is 0.276 e. The molecule has 0 bridgehead atoms. The molecule has 0 aliphatic carbocycles. The van der Waals surface area contributed by atoms with E-state index in [4.69, 9.17) is 4.74 Å². The predicted octanol–water partition coefficient (Wildman–Crippen LogP) is 5.45. The highest BCUT2D eigenvalue weighted by atomic mass is 19.1. The van der Waals surface area contributed by atoms with Crippen LogP contribution < -0.4 is 10.1 Å². The Labute approximate surface area is 195 Å². The Balaban J connectivity index is 1.61. The van der Waals surface area contributed by atoms with Crippen LogP contribution >= 0.6 is 0 Å². The summed E-state index contributed by atoms with van der Waals surface area (Å²) in [6.45, 7) is 0.648. The highest BCUT2D eigenvalue weighted by molar-refractivity contribution is 6.10. The lowest BCUT2D eigenvalue weighted by Crippen LogP contribution is -2.19. The summed E-state index contributed by atoms with van der Waals surface area (Å²) in [7, 11) is 0. The number of para-hydroxylation sites is 1. The van der Waals surface area contributed by atoms with Crippen molar-refractivity contribution >= 4 is 22.5 Å². The molecule has 0 aliphatic heterocycles. The third-order valence-corrected chi connectivity index (χ3v) is 5.45. The maximum atomic E-state index is 13.6. The molecule has 5 rings (SSSR count). The Morgan fingerprint density at radius 1 is 0.882 bits per heavy atom. The molecule has 0 unspecified atom stereocenters. The number of rotatable bonds is 7. The van der Waals surface area contributed by atoms with Gasteiger partial charge in [-0.25, -0.2) is 4.39 Å².